The summed E-state index contributed by atoms with van der Waals surface area (Å²) >= 11 is 0. The van der Waals surface area contributed by atoms with Crippen LogP contribution in [-0.4, -0.2) is 11.9 Å². The average Bonchev–Trinajstić information content (AvgIpc) is 2.48. The third-order valence-corrected chi connectivity index (χ3v) is 4.15. The molecule has 0 saturated carbocycles. The summed E-state index contributed by atoms with van der Waals surface area (Å²) in [6.07, 6.45) is 0. The second kappa shape index (κ2) is 6.00. The van der Waals surface area contributed by atoms with Crippen molar-refractivity contribution in [2.75, 3.05) is 5.73 Å². The van der Waals surface area contributed by atoms with Gasteiger partial charge in [0, 0.05) is 17.1 Å². The number of hydrogen-bond donors (Lipinski definition) is 2. The van der Waals surface area contributed by atoms with Crippen molar-refractivity contribution in [3.63, 3.8) is 0 Å². The molecular weight excluding hydrogens is 260 g/mol. The zero-order valence-corrected chi connectivity index (χ0v) is 12.8. The number of benzene rings is 2. The van der Waals surface area contributed by atoms with Crippen LogP contribution in [0.15, 0.2) is 54.6 Å². The Balaban J connectivity index is 2.16. The minimum absolute atomic E-state index is 0.0213. The number of nitrogens with two attached hydrogens (primary N) is 1. The van der Waals surface area contributed by atoms with Gasteiger partial charge >= 0.3 is 0 Å². The smallest absolute Gasteiger partial charge is 0.253 e. The van der Waals surface area contributed by atoms with Crippen molar-refractivity contribution in [3.8, 4) is 0 Å². The van der Waals surface area contributed by atoms with Gasteiger partial charge in [0.05, 0.1) is 5.56 Å². The highest BCUT2D eigenvalue weighted by molar-refractivity contribution is 5.99. The van der Waals surface area contributed by atoms with E-state index in [0.29, 0.717) is 11.3 Å². The summed E-state index contributed by atoms with van der Waals surface area (Å²) in [7, 11) is 0. The van der Waals surface area contributed by atoms with Gasteiger partial charge in [-0.05, 0) is 24.6 Å². The van der Waals surface area contributed by atoms with E-state index in [1.807, 2.05) is 37.3 Å². The molecule has 0 heterocycles. The number of hydrogen-bond acceptors (Lipinski definition) is 2. The fourth-order valence-corrected chi connectivity index (χ4v) is 2.28. The molecule has 2 aromatic rings. The van der Waals surface area contributed by atoms with Gasteiger partial charge in [-0.2, -0.15) is 0 Å². The zero-order valence-electron chi connectivity index (χ0n) is 12.8. The van der Waals surface area contributed by atoms with E-state index in [4.69, 9.17) is 5.73 Å². The molecule has 1 amide bonds. The molecule has 0 saturated heterocycles. The van der Waals surface area contributed by atoms with Gasteiger partial charge in [-0.3, -0.25) is 4.79 Å². The van der Waals surface area contributed by atoms with Crippen LogP contribution in [0.5, 0.6) is 0 Å². The van der Waals surface area contributed by atoms with Gasteiger partial charge in [0.1, 0.15) is 0 Å². The molecule has 0 bridgehead atoms. The van der Waals surface area contributed by atoms with E-state index in [-0.39, 0.29) is 17.4 Å². The summed E-state index contributed by atoms with van der Waals surface area (Å²) < 4.78 is 0. The number of rotatable bonds is 4. The van der Waals surface area contributed by atoms with Gasteiger partial charge in [-0.15, -0.1) is 0 Å². The van der Waals surface area contributed by atoms with E-state index in [0.717, 1.165) is 0 Å². The molecule has 0 aromatic heterocycles. The summed E-state index contributed by atoms with van der Waals surface area (Å²) in [4.78, 5) is 12.4. The van der Waals surface area contributed by atoms with E-state index in [2.05, 4.69) is 31.3 Å². The Morgan fingerprint density at radius 2 is 1.62 bits per heavy atom. The fraction of sp³-hybridized carbons (Fsp3) is 0.278. The second-order valence-electron chi connectivity index (χ2n) is 5.87. The average molecular weight is 282 g/mol. The zero-order chi connectivity index (χ0) is 15.5. The standard InChI is InChI=1S/C18H22N2O/c1-13(18(2,3)14-9-5-4-6-10-14)20-17(21)15-11-7-8-12-16(15)19/h4-13H,19H2,1-3H3,(H,20,21). The maximum Gasteiger partial charge on any atom is 0.253 e. The van der Waals surface area contributed by atoms with E-state index < -0.39 is 0 Å². The maximum absolute atomic E-state index is 12.4. The number of amides is 1. The summed E-state index contributed by atoms with van der Waals surface area (Å²) in [5.74, 6) is -0.135. The lowest BCUT2D eigenvalue weighted by molar-refractivity contribution is 0.0925. The highest BCUT2D eigenvalue weighted by Crippen LogP contribution is 2.27. The number of carbonyl (C=O) groups excluding carboxylic acids is 1. The lowest BCUT2D eigenvalue weighted by Gasteiger charge is -2.33. The monoisotopic (exact) mass is 282 g/mol. The van der Waals surface area contributed by atoms with Crippen molar-refractivity contribution in [2.45, 2.75) is 32.2 Å². The minimum Gasteiger partial charge on any atom is -0.398 e. The third-order valence-electron chi connectivity index (χ3n) is 4.15. The van der Waals surface area contributed by atoms with Crippen molar-refractivity contribution in [2.24, 2.45) is 0 Å². The molecule has 0 aliphatic heterocycles. The molecule has 2 rings (SSSR count). The second-order valence-corrected chi connectivity index (χ2v) is 5.87. The first kappa shape index (κ1) is 15.1. The topological polar surface area (TPSA) is 55.1 Å². The summed E-state index contributed by atoms with van der Waals surface area (Å²) in [6, 6.07) is 17.3. The fourth-order valence-electron chi connectivity index (χ4n) is 2.28. The molecule has 3 nitrogen and oxygen atoms in total. The van der Waals surface area contributed by atoms with Crippen LogP contribution in [-0.2, 0) is 5.41 Å². The molecular formula is C18H22N2O. The van der Waals surface area contributed by atoms with Crippen molar-refractivity contribution in [1.82, 2.24) is 5.32 Å². The molecule has 0 aliphatic carbocycles. The lowest BCUT2D eigenvalue weighted by Crippen LogP contribution is -2.45. The van der Waals surface area contributed by atoms with E-state index in [1.165, 1.54) is 5.56 Å². The number of nitrogen functional groups attached to an aromatic ring is 1. The number of nitrogens with one attached hydrogen (secondary N) is 1. The van der Waals surface area contributed by atoms with E-state index in [1.54, 1.807) is 12.1 Å². The lowest BCUT2D eigenvalue weighted by atomic mass is 9.78. The van der Waals surface area contributed by atoms with Gasteiger partial charge in [-0.1, -0.05) is 56.3 Å². The van der Waals surface area contributed by atoms with Crippen LogP contribution in [0.4, 0.5) is 5.69 Å². The van der Waals surface area contributed by atoms with Gasteiger partial charge in [0.25, 0.3) is 5.91 Å². The van der Waals surface area contributed by atoms with Gasteiger partial charge in [0.15, 0.2) is 0 Å². The molecule has 0 aliphatic rings. The van der Waals surface area contributed by atoms with Crippen LogP contribution >= 0.6 is 0 Å². The van der Waals surface area contributed by atoms with Gasteiger partial charge in [-0.25, -0.2) is 0 Å². The van der Waals surface area contributed by atoms with E-state index >= 15 is 0 Å². The normalized spacial score (nSPS) is 12.7. The van der Waals surface area contributed by atoms with Crippen molar-refractivity contribution < 1.29 is 4.79 Å². The van der Waals surface area contributed by atoms with Crippen molar-refractivity contribution >= 4 is 11.6 Å². The minimum atomic E-state index is -0.166. The molecule has 0 fully saturated rings. The molecule has 3 heteroatoms. The summed E-state index contributed by atoms with van der Waals surface area (Å²) in [5.41, 5.74) is 7.90. The van der Waals surface area contributed by atoms with Crippen LogP contribution in [0.3, 0.4) is 0 Å². The summed E-state index contributed by atoms with van der Waals surface area (Å²) in [5, 5.41) is 3.06. The number of para-hydroxylation sites is 1. The molecule has 0 spiro atoms. The van der Waals surface area contributed by atoms with Gasteiger partial charge < -0.3 is 11.1 Å². The third kappa shape index (κ3) is 3.24. The van der Waals surface area contributed by atoms with Crippen LogP contribution in [0, 0.1) is 0 Å². The Labute approximate surface area is 126 Å². The first-order valence-electron chi connectivity index (χ1n) is 7.14. The van der Waals surface area contributed by atoms with E-state index in [9.17, 15) is 4.79 Å². The predicted octanol–water partition coefficient (Wildman–Crippen LogP) is 3.36. The van der Waals surface area contributed by atoms with Crippen LogP contribution in [0.25, 0.3) is 0 Å². The Morgan fingerprint density at radius 1 is 1.05 bits per heavy atom. The summed E-state index contributed by atoms with van der Waals surface area (Å²) in [6.45, 7) is 6.27. The Kier molecular flexibility index (Phi) is 4.32. The molecule has 21 heavy (non-hydrogen) atoms. The number of anilines is 1. The van der Waals surface area contributed by atoms with Crippen LogP contribution in [0.1, 0.15) is 36.7 Å². The Morgan fingerprint density at radius 3 is 2.24 bits per heavy atom. The molecule has 3 N–H and O–H groups in total. The van der Waals surface area contributed by atoms with Crippen molar-refractivity contribution in [3.05, 3.63) is 65.7 Å². The molecule has 1 unspecified atom stereocenters. The predicted molar refractivity (Wildman–Crippen MR) is 87.3 cm³/mol. The van der Waals surface area contributed by atoms with Crippen LogP contribution < -0.4 is 11.1 Å². The molecule has 2 aromatic carbocycles. The molecule has 1 atom stereocenters. The SMILES string of the molecule is CC(NC(=O)c1ccccc1N)C(C)(C)c1ccccc1. The largest absolute Gasteiger partial charge is 0.398 e. The highest BCUT2D eigenvalue weighted by atomic mass is 16.1. The Bertz CT molecular complexity index is 620. The Hall–Kier alpha value is -2.29. The first-order chi connectivity index (χ1) is 9.93. The maximum atomic E-state index is 12.4. The van der Waals surface area contributed by atoms with Crippen LogP contribution in [0.2, 0.25) is 0 Å². The quantitative estimate of drug-likeness (QED) is 0.845. The molecule has 110 valence electrons. The highest BCUT2D eigenvalue weighted by Gasteiger charge is 2.29. The van der Waals surface area contributed by atoms with Crippen molar-refractivity contribution in [1.29, 1.82) is 0 Å². The first-order valence-corrected chi connectivity index (χ1v) is 7.14. The van der Waals surface area contributed by atoms with Gasteiger partial charge in [0.2, 0.25) is 0 Å². The molecule has 0 radical (unpaired) electrons. The number of carbonyl (C=O) groups is 1.